The van der Waals surface area contributed by atoms with Gasteiger partial charge in [-0.3, -0.25) is 14.5 Å². The summed E-state index contributed by atoms with van der Waals surface area (Å²) < 4.78 is 10.5. The first-order valence-electron chi connectivity index (χ1n) is 9.79. The number of morpholine rings is 1. The molecule has 8 heteroatoms. The number of nitrogens with one attached hydrogen (secondary N) is 2. The fourth-order valence-electron chi connectivity index (χ4n) is 3.34. The van der Waals surface area contributed by atoms with Crippen LogP contribution in [0.15, 0.2) is 42.5 Å². The van der Waals surface area contributed by atoms with E-state index in [2.05, 4.69) is 27.7 Å². The molecule has 1 aliphatic rings. The summed E-state index contributed by atoms with van der Waals surface area (Å²) in [7, 11) is 1.51. The van der Waals surface area contributed by atoms with Gasteiger partial charge < -0.3 is 20.1 Å². The molecule has 1 aliphatic heterocycles. The van der Waals surface area contributed by atoms with Gasteiger partial charge in [-0.2, -0.15) is 0 Å². The topological polar surface area (TPSA) is 79.9 Å². The standard InChI is InChI=1S/C22H26ClN3O4/c1-15-3-5-16(6-4-15)19(26-9-11-30-12-10-26)14-24-21(27)22(28)25-17-7-8-20(29-2)18(23)13-17/h3-8,13,19H,9-12,14H2,1-2H3,(H,24,27)(H,25,28). The van der Waals surface area contributed by atoms with Gasteiger partial charge in [-0.05, 0) is 30.7 Å². The summed E-state index contributed by atoms with van der Waals surface area (Å²) in [5.74, 6) is -0.959. The summed E-state index contributed by atoms with van der Waals surface area (Å²) >= 11 is 6.07. The molecule has 2 amide bonds. The monoisotopic (exact) mass is 431 g/mol. The zero-order valence-electron chi connectivity index (χ0n) is 17.1. The first-order valence-corrected chi connectivity index (χ1v) is 10.2. The molecule has 1 heterocycles. The molecule has 1 atom stereocenters. The molecule has 0 saturated carbocycles. The number of anilines is 1. The van der Waals surface area contributed by atoms with Crippen LogP contribution in [0.5, 0.6) is 5.75 Å². The van der Waals surface area contributed by atoms with Crippen molar-refractivity contribution in [3.63, 3.8) is 0 Å². The molecule has 7 nitrogen and oxygen atoms in total. The van der Waals surface area contributed by atoms with Crippen molar-refractivity contribution >= 4 is 29.1 Å². The van der Waals surface area contributed by atoms with E-state index in [0.29, 0.717) is 36.2 Å². The van der Waals surface area contributed by atoms with Crippen LogP contribution in [0.25, 0.3) is 0 Å². The second-order valence-electron chi connectivity index (χ2n) is 7.09. The second kappa shape index (κ2) is 10.4. The van der Waals surface area contributed by atoms with Crippen molar-refractivity contribution in [3.8, 4) is 5.75 Å². The Balaban J connectivity index is 1.63. The van der Waals surface area contributed by atoms with Crippen molar-refractivity contribution < 1.29 is 19.1 Å². The highest BCUT2D eigenvalue weighted by atomic mass is 35.5. The molecule has 2 aromatic rings. The number of amides is 2. The summed E-state index contributed by atoms with van der Waals surface area (Å²) in [6.45, 7) is 5.18. The molecule has 0 radical (unpaired) electrons. The maximum Gasteiger partial charge on any atom is 0.313 e. The largest absolute Gasteiger partial charge is 0.495 e. The number of benzene rings is 2. The molecule has 30 heavy (non-hydrogen) atoms. The predicted octanol–water partition coefficient (Wildman–Crippen LogP) is 2.79. The molecule has 1 fully saturated rings. The van der Waals surface area contributed by atoms with E-state index >= 15 is 0 Å². The molecular formula is C22H26ClN3O4. The number of aryl methyl sites for hydroxylation is 1. The summed E-state index contributed by atoms with van der Waals surface area (Å²) in [6.07, 6.45) is 0. The molecule has 2 aromatic carbocycles. The Morgan fingerprint density at radius 2 is 1.83 bits per heavy atom. The number of hydrogen-bond acceptors (Lipinski definition) is 5. The van der Waals surface area contributed by atoms with Gasteiger partial charge in [0.15, 0.2) is 0 Å². The number of rotatable bonds is 6. The lowest BCUT2D eigenvalue weighted by molar-refractivity contribution is -0.136. The smallest absolute Gasteiger partial charge is 0.313 e. The van der Waals surface area contributed by atoms with Gasteiger partial charge in [0.2, 0.25) is 0 Å². The highest BCUT2D eigenvalue weighted by Crippen LogP contribution is 2.27. The van der Waals surface area contributed by atoms with Gasteiger partial charge in [0.25, 0.3) is 0 Å². The quantitative estimate of drug-likeness (QED) is 0.687. The number of carbonyl (C=O) groups excluding carboxylic acids is 2. The Labute approximate surface area is 181 Å². The number of ether oxygens (including phenoxy) is 2. The zero-order valence-corrected chi connectivity index (χ0v) is 17.9. The van der Waals surface area contributed by atoms with E-state index in [4.69, 9.17) is 21.1 Å². The fourth-order valence-corrected chi connectivity index (χ4v) is 3.59. The SMILES string of the molecule is COc1ccc(NC(=O)C(=O)NCC(c2ccc(C)cc2)N2CCOCC2)cc1Cl. The van der Waals surface area contributed by atoms with Crippen LogP contribution in [0.1, 0.15) is 17.2 Å². The van der Waals surface area contributed by atoms with Gasteiger partial charge in [-0.25, -0.2) is 0 Å². The highest BCUT2D eigenvalue weighted by Gasteiger charge is 2.24. The Hall–Kier alpha value is -2.61. The molecule has 0 bridgehead atoms. The minimum atomic E-state index is -0.749. The van der Waals surface area contributed by atoms with Gasteiger partial charge in [0, 0.05) is 25.3 Å². The molecule has 1 saturated heterocycles. The molecule has 0 aliphatic carbocycles. The maximum atomic E-state index is 12.4. The van der Waals surface area contributed by atoms with Crippen LogP contribution < -0.4 is 15.4 Å². The van der Waals surface area contributed by atoms with Crippen molar-refractivity contribution in [1.29, 1.82) is 0 Å². The lowest BCUT2D eigenvalue weighted by Gasteiger charge is -2.35. The normalized spacial score (nSPS) is 15.3. The van der Waals surface area contributed by atoms with E-state index in [1.54, 1.807) is 12.1 Å². The van der Waals surface area contributed by atoms with E-state index in [-0.39, 0.29) is 6.04 Å². The first-order chi connectivity index (χ1) is 14.5. The molecule has 1 unspecified atom stereocenters. The molecule has 160 valence electrons. The second-order valence-corrected chi connectivity index (χ2v) is 7.50. The average Bonchev–Trinajstić information content (AvgIpc) is 2.76. The molecule has 0 aromatic heterocycles. The van der Waals surface area contributed by atoms with Crippen molar-refractivity contribution in [1.82, 2.24) is 10.2 Å². The zero-order chi connectivity index (χ0) is 21.5. The van der Waals surface area contributed by atoms with Crippen LogP contribution in [-0.4, -0.2) is 56.7 Å². The van der Waals surface area contributed by atoms with E-state index < -0.39 is 11.8 Å². The number of halogens is 1. The van der Waals surface area contributed by atoms with Crippen molar-refractivity contribution in [3.05, 3.63) is 58.6 Å². The average molecular weight is 432 g/mol. The minimum Gasteiger partial charge on any atom is -0.495 e. The minimum absolute atomic E-state index is 0.0401. The molecule has 0 spiro atoms. The fraction of sp³-hybridized carbons (Fsp3) is 0.364. The van der Waals surface area contributed by atoms with Gasteiger partial charge in [-0.1, -0.05) is 41.4 Å². The summed E-state index contributed by atoms with van der Waals surface area (Å²) in [5.41, 5.74) is 2.68. The summed E-state index contributed by atoms with van der Waals surface area (Å²) in [5, 5.41) is 5.67. The number of carbonyl (C=O) groups is 2. The third-order valence-electron chi connectivity index (χ3n) is 5.02. The van der Waals surface area contributed by atoms with E-state index in [0.717, 1.165) is 18.7 Å². The molecule has 2 N–H and O–H groups in total. The summed E-state index contributed by atoms with van der Waals surface area (Å²) in [4.78, 5) is 27.0. The van der Waals surface area contributed by atoms with E-state index in [9.17, 15) is 9.59 Å². The number of hydrogen-bond donors (Lipinski definition) is 2. The van der Waals surface area contributed by atoms with Crippen molar-refractivity contribution in [2.45, 2.75) is 13.0 Å². The van der Waals surface area contributed by atoms with Crippen molar-refractivity contribution in [2.24, 2.45) is 0 Å². The van der Waals surface area contributed by atoms with E-state index in [1.165, 1.54) is 18.7 Å². The third-order valence-corrected chi connectivity index (χ3v) is 5.32. The maximum absolute atomic E-state index is 12.4. The molecular weight excluding hydrogens is 406 g/mol. The lowest BCUT2D eigenvalue weighted by atomic mass is 10.0. The lowest BCUT2D eigenvalue weighted by Crippen LogP contribution is -2.45. The third kappa shape index (κ3) is 5.72. The van der Waals surface area contributed by atoms with Crippen molar-refractivity contribution in [2.75, 3.05) is 45.3 Å². The van der Waals surface area contributed by atoms with Gasteiger partial charge >= 0.3 is 11.8 Å². The van der Waals surface area contributed by atoms with Gasteiger partial charge in [-0.15, -0.1) is 0 Å². The Kier molecular flexibility index (Phi) is 7.68. The van der Waals surface area contributed by atoms with Gasteiger partial charge in [0.05, 0.1) is 31.4 Å². The van der Waals surface area contributed by atoms with Gasteiger partial charge in [0.1, 0.15) is 5.75 Å². The first kappa shape index (κ1) is 22.1. The van der Waals surface area contributed by atoms with Crippen LogP contribution in [0, 0.1) is 6.92 Å². The van der Waals surface area contributed by atoms with Crippen LogP contribution in [0.3, 0.4) is 0 Å². The Morgan fingerprint density at radius 3 is 2.47 bits per heavy atom. The van der Waals surface area contributed by atoms with Crippen LogP contribution in [0.2, 0.25) is 5.02 Å². The number of methoxy groups -OCH3 is 1. The Morgan fingerprint density at radius 1 is 1.13 bits per heavy atom. The summed E-state index contributed by atoms with van der Waals surface area (Å²) in [6, 6.07) is 13.0. The molecule has 3 rings (SSSR count). The van der Waals surface area contributed by atoms with Crippen LogP contribution >= 0.6 is 11.6 Å². The van der Waals surface area contributed by atoms with Crippen LogP contribution in [-0.2, 0) is 14.3 Å². The van der Waals surface area contributed by atoms with E-state index in [1.807, 2.05) is 19.1 Å². The van der Waals surface area contributed by atoms with Crippen LogP contribution in [0.4, 0.5) is 5.69 Å². The predicted molar refractivity (Wildman–Crippen MR) is 116 cm³/mol. The Bertz CT molecular complexity index is 882. The highest BCUT2D eigenvalue weighted by molar-refractivity contribution is 6.40. The number of nitrogens with zero attached hydrogens (tertiary/aromatic N) is 1.